The zero-order valence-corrected chi connectivity index (χ0v) is 17.3. The van der Waals surface area contributed by atoms with E-state index >= 15 is 0 Å². The molecule has 1 atom stereocenters. The molecular formula is C21H23N7O3. The second-order valence-corrected chi connectivity index (χ2v) is 7.91. The van der Waals surface area contributed by atoms with Gasteiger partial charge in [-0.05, 0) is 30.4 Å². The molecule has 0 spiro atoms. The van der Waals surface area contributed by atoms with Crippen LogP contribution in [0.3, 0.4) is 0 Å². The summed E-state index contributed by atoms with van der Waals surface area (Å²) in [6.07, 6.45) is 1.54. The van der Waals surface area contributed by atoms with Crippen LogP contribution in [0.25, 0.3) is 22.1 Å². The minimum Gasteiger partial charge on any atom is -0.357 e. The number of nitrogens with one attached hydrogen (secondary N) is 3. The molecule has 0 aliphatic carbocycles. The first-order chi connectivity index (χ1) is 14.9. The molecule has 31 heavy (non-hydrogen) atoms. The molecule has 1 saturated heterocycles. The van der Waals surface area contributed by atoms with Gasteiger partial charge in [-0.25, -0.2) is 4.79 Å². The highest BCUT2D eigenvalue weighted by atomic mass is 16.2. The second kappa shape index (κ2) is 7.15. The number of aryl methyl sites for hydroxylation is 2. The van der Waals surface area contributed by atoms with Gasteiger partial charge in [0.2, 0.25) is 11.9 Å². The second-order valence-electron chi connectivity index (χ2n) is 7.91. The number of rotatable bonds is 4. The van der Waals surface area contributed by atoms with E-state index in [1.165, 1.54) is 9.13 Å². The van der Waals surface area contributed by atoms with Crippen molar-refractivity contribution in [3.05, 3.63) is 56.9 Å². The van der Waals surface area contributed by atoms with E-state index in [1.54, 1.807) is 18.7 Å². The summed E-state index contributed by atoms with van der Waals surface area (Å²) < 4.78 is 4.18. The van der Waals surface area contributed by atoms with Gasteiger partial charge < -0.3 is 20.2 Å². The van der Waals surface area contributed by atoms with Crippen molar-refractivity contribution >= 4 is 33.9 Å². The fourth-order valence-electron chi connectivity index (χ4n) is 4.17. The van der Waals surface area contributed by atoms with E-state index in [0.29, 0.717) is 24.4 Å². The molecule has 160 valence electrons. The number of nitrogens with zero attached hydrogens (tertiary/aromatic N) is 4. The lowest BCUT2D eigenvalue weighted by atomic mass is 10.1. The Morgan fingerprint density at radius 3 is 2.74 bits per heavy atom. The van der Waals surface area contributed by atoms with Crippen LogP contribution >= 0.6 is 0 Å². The molecule has 1 aliphatic rings. The van der Waals surface area contributed by atoms with Gasteiger partial charge in [0, 0.05) is 31.9 Å². The lowest BCUT2D eigenvalue weighted by molar-refractivity contribution is -0.123. The molecule has 10 nitrogen and oxygen atoms in total. The standard InChI is InChI=1S/C21H23N7O3/c1-26-16-17(25-20(26)24-15-8-5-9-22-18(15)29)27(2)21(31)28(19(16)30)11-13-10-12-6-3-4-7-14(12)23-13/h3-4,6-7,10,15,23H,5,8-9,11H2,1-2H3,(H,22,29)(H,24,25)/t15-/m0/s1. The van der Waals surface area contributed by atoms with E-state index < -0.39 is 17.3 Å². The summed E-state index contributed by atoms with van der Waals surface area (Å²) in [6, 6.07) is 9.30. The Hall–Kier alpha value is -3.82. The van der Waals surface area contributed by atoms with Gasteiger partial charge in [-0.1, -0.05) is 18.2 Å². The first-order valence-corrected chi connectivity index (χ1v) is 10.2. The summed E-state index contributed by atoms with van der Waals surface area (Å²) in [5.41, 5.74) is 1.42. The van der Waals surface area contributed by atoms with Gasteiger partial charge in [0.25, 0.3) is 5.56 Å². The van der Waals surface area contributed by atoms with Crippen LogP contribution in [0, 0.1) is 0 Å². The van der Waals surface area contributed by atoms with Crippen LogP contribution in [0.2, 0.25) is 0 Å². The summed E-state index contributed by atoms with van der Waals surface area (Å²) in [4.78, 5) is 46.1. The normalized spacial score (nSPS) is 16.7. The molecule has 1 aromatic carbocycles. The van der Waals surface area contributed by atoms with Crippen molar-refractivity contribution in [3.8, 4) is 0 Å². The van der Waals surface area contributed by atoms with Gasteiger partial charge in [-0.2, -0.15) is 4.98 Å². The van der Waals surface area contributed by atoms with Crippen molar-refractivity contribution < 1.29 is 4.79 Å². The number of fused-ring (bicyclic) bond motifs is 2. The lowest BCUT2D eigenvalue weighted by Gasteiger charge is -2.23. The molecule has 1 fully saturated rings. The van der Waals surface area contributed by atoms with Crippen molar-refractivity contribution in [1.82, 2.24) is 29.0 Å². The molecule has 10 heteroatoms. The van der Waals surface area contributed by atoms with Gasteiger partial charge in [0.1, 0.15) is 6.04 Å². The van der Waals surface area contributed by atoms with Crippen molar-refractivity contribution in [2.45, 2.75) is 25.4 Å². The number of piperidine rings is 1. The average Bonchev–Trinajstić information content (AvgIpc) is 3.32. The predicted octanol–water partition coefficient (Wildman–Crippen LogP) is 0.654. The number of benzene rings is 1. The molecule has 0 bridgehead atoms. The van der Waals surface area contributed by atoms with Crippen molar-refractivity contribution in [2.24, 2.45) is 14.1 Å². The van der Waals surface area contributed by atoms with Crippen molar-refractivity contribution in [1.29, 1.82) is 0 Å². The molecule has 0 unspecified atom stereocenters. The Bertz CT molecular complexity index is 1410. The van der Waals surface area contributed by atoms with E-state index in [9.17, 15) is 14.4 Å². The Balaban J connectivity index is 1.58. The molecule has 0 saturated carbocycles. The van der Waals surface area contributed by atoms with Gasteiger partial charge in [0.05, 0.1) is 6.54 Å². The minimum absolute atomic E-state index is 0.0941. The van der Waals surface area contributed by atoms with Crippen LogP contribution < -0.4 is 21.9 Å². The van der Waals surface area contributed by atoms with E-state index in [1.807, 2.05) is 30.3 Å². The number of carbonyl (C=O) groups is 1. The van der Waals surface area contributed by atoms with E-state index in [0.717, 1.165) is 23.0 Å². The van der Waals surface area contributed by atoms with Gasteiger partial charge in [-0.3, -0.25) is 18.7 Å². The molecular weight excluding hydrogens is 398 g/mol. The summed E-state index contributed by atoms with van der Waals surface area (Å²) in [6.45, 7) is 0.779. The maximum atomic E-state index is 13.3. The number of imidazole rings is 1. The predicted molar refractivity (Wildman–Crippen MR) is 117 cm³/mol. The number of amides is 1. The molecule has 5 rings (SSSR count). The van der Waals surface area contributed by atoms with Crippen molar-refractivity contribution in [2.75, 3.05) is 11.9 Å². The van der Waals surface area contributed by atoms with E-state index in [-0.39, 0.29) is 18.1 Å². The Labute approximate surface area is 176 Å². The molecule has 0 radical (unpaired) electrons. The van der Waals surface area contributed by atoms with Crippen molar-refractivity contribution in [3.63, 3.8) is 0 Å². The molecule has 1 aliphatic heterocycles. The van der Waals surface area contributed by atoms with Gasteiger partial charge in [0.15, 0.2) is 11.2 Å². The fraction of sp³-hybridized carbons (Fsp3) is 0.333. The zero-order chi connectivity index (χ0) is 21.7. The summed E-state index contributed by atoms with van der Waals surface area (Å²) >= 11 is 0. The molecule has 4 heterocycles. The topological polar surface area (TPSA) is 119 Å². The molecule has 3 aromatic heterocycles. The molecule has 1 amide bonds. The van der Waals surface area contributed by atoms with Crippen LogP contribution in [0.1, 0.15) is 18.5 Å². The third kappa shape index (κ3) is 3.11. The SMILES string of the molecule is Cn1c(N[C@H]2CCCNC2=O)nc2c1c(=O)n(Cc1cc3ccccc3[nH]1)c(=O)n2C. The van der Waals surface area contributed by atoms with Gasteiger partial charge in [-0.15, -0.1) is 0 Å². The summed E-state index contributed by atoms with van der Waals surface area (Å²) in [5, 5.41) is 6.96. The zero-order valence-electron chi connectivity index (χ0n) is 17.3. The van der Waals surface area contributed by atoms with E-state index in [4.69, 9.17) is 0 Å². The first-order valence-electron chi connectivity index (χ1n) is 10.2. The Morgan fingerprint density at radius 1 is 1.16 bits per heavy atom. The maximum Gasteiger partial charge on any atom is 0.332 e. The first kappa shape index (κ1) is 19.2. The number of aromatic nitrogens is 5. The monoisotopic (exact) mass is 421 g/mol. The number of para-hydroxylation sites is 1. The number of anilines is 1. The number of carbonyl (C=O) groups excluding carboxylic acids is 1. The highest BCUT2D eigenvalue weighted by molar-refractivity contribution is 5.85. The highest BCUT2D eigenvalue weighted by Gasteiger charge is 2.25. The maximum absolute atomic E-state index is 13.3. The Kier molecular flexibility index (Phi) is 4.42. The minimum atomic E-state index is -0.448. The smallest absolute Gasteiger partial charge is 0.332 e. The summed E-state index contributed by atoms with van der Waals surface area (Å²) in [7, 11) is 3.30. The molecule has 3 N–H and O–H groups in total. The largest absolute Gasteiger partial charge is 0.357 e. The number of H-pyrrole nitrogens is 1. The van der Waals surface area contributed by atoms with Crippen LogP contribution in [-0.4, -0.2) is 42.2 Å². The van der Waals surface area contributed by atoms with Crippen LogP contribution in [0.5, 0.6) is 0 Å². The van der Waals surface area contributed by atoms with Gasteiger partial charge >= 0.3 is 5.69 Å². The number of hydrogen-bond acceptors (Lipinski definition) is 5. The quantitative estimate of drug-likeness (QED) is 0.447. The molecule has 4 aromatic rings. The number of aromatic amines is 1. The van der Waals surface area contributed by atoms with Crippen LogP contribution in [0.15, 0.2) is 39.9 Å². The fourth-order valence-corrected chi connectivity index (χ4v) is 4.17. The average molecular weight is 421 g/mol. The third-order valence-electron chi connectivity index (χ3n) is 5.86. The van der Waals surface area contributed by atoms with E-state index in [2.05, 4.69) is 20.6 Å². The highest BCUT2D eigenvalue weighted by Crippen LogP contribution is 2.18. The Morgan fingerprint density at radius 2 is 1.97 bits per heavy atom. The van der Waals surface area contributed by atoms with Crippen LogP contribution in [0.4, 0.5) is 5.95 Å². The number of hydrogen-bond donors (Lipinski definition) is 3. The third-order valence-corrected chi connectivity index (χ3v) is 5.86. The summed E-state index contributed by atoms with van der Waals surface area (Å²) in [5.74, 6) is 0.288. The lowest BCUT2D eigenvalue weighted by Crippen LogP contribution is -2.44. The van der Waals surface area contributed by atoms with Crippen LogP contribution in [-0.2, 0) is 25.4 Å².